The molecule has 0 aromatic rings. The Labute approximate surface area is 121 Å². The number of fused-ring (bicyclic) bond motifs is 2. The molecule has 0 unspecified atom stereocenters. The van der Waals surface area contributed by atoms with E-state index in [1.54, 1.807) is 6.08 Å². The Morgan fingerprint density at radius 1 is 1.40 bits per heavy atom. The van der Waals surface area contributed by atoms with Gasteiger partial charge in [0.2, 0.25) is 0 Å². The lowest BCUT2D eigenvalue weighted by molar-refractivity contribution is -0.310. The van der Waals surface area contributed by atoms with Gasteiger partial charge in [-0.05, 0) is 42.1 Å². The molecular weight excluding hydrogens is 252 g/mol. The minimum absolute atomic E-state index is 0.0652. The number of carbonyl (C=O) groups is 2. The third-order valence-electron chi connectivity index (χ3n) is 5.77. The minimum atomic E-state index is -1.07. The van der Waals surface area contributed by atoms with E-state index in [0.717, 1.165) is 18.4 Å². The molecule has 0 saturated heterocycles. The van der Waals surface area contributed by atoms with Gasteiger partial charge in [-0.3, -0.25) is 4.79 Å². The monoisotopic (exact) mass is 277 g/mol. The van der Waals surface area contributed by atoms with Gasteiger partial charge in [-0.25, -0.2) is 0 Å². The molecule has 0 aliphatic heterocycles. The topological polar surface area (TPSA) is 57.2 Å². The van der Waals surface area contributed by atoms with Gasteiger partial charge in [-0.2, -0.15) is 0 Å². The molecule has 0 aromatic heterocycles. The Kier molecular flexibility index (Phi) is 3.60. The predicted molar refractivity (Wildman–Crippen MR) is 75.7 cm³/mol. The van der Waals surface area contributed by atoms with Crippen LogP contribution in [-0.4, -0.2) is 11.8 Å². The molecule has 2 saturated carbocycles. The van der Waals surface area contributed by atoms with E-state index in [1.165, 1.54) is 0 Å². The summed E-state index contributed by atoms with van der Waals surface area (Å²) in [5, 5.41) is 11.3. The molecule has 2 aliphatic rings. The highest BCUT2D eigenvalue weighted by atomic mass is 16.4. The van der Waals surface area contributed by atoms with E-state index in [9.17, 15) is 14.7 Å². The van der Waals surface area contributed by atoms with Crippen LogP contribution in [0.3, 0.4) is 0 Å². The van der Waals surface area contributed by atoms with E-state index < -0.39 is 11.9 Å². The Morgan fingerprint density at radius 3 is 2.40 bits per heavy atom. The van der Waals surface area contributed by atoms with Crippen molar-refractivity contribution in [2.45, 2.75) is 53.9 Å². The van der Waals surface area contributed by atoms with Crippen molar-refractivity contribution in [2.75, 3.05) is 0 Å². The molecule has 3 atom stereocenters. The second-order valence-corrected chi connectivity index (χ2v) is 7.65. The molecule has 3 heteroatoms. The predicted octanol–water partition coefficient (Wildman–Crippen LogP) is 2.35. The average molecular weight is 277 g/mol. The van der Waals surface area contributed by atoms with E-state index in [0.29, 0.717) is 6.42 Å². The van der Waals surface area contributed by atoms with Gasteiger partial charge in [0.05, 0.1) is 0 Å². The molecule has 2 bridgehead atoms. The maximum atomic E-state index is 12.7. The maximum Gasteiger partial charge on any atom is 0.165 e. The van der Waals surface area contributed by atoms with Crippen LogP contribution in [0.1, 0.15) is 53.9 Å². The summed E-state index contributed by atoms with van der Waals surface area (Å²) in [6.45, 7) is 10.3. The number of allylic oxidation sites excluding steroid dienone is 1. The lowest BCUT2D eigenvalue weighted by Gasteiger charge is -2.31. The fraction of sp³-hybridized carbons (Fsp3) is 0.765. The third-order valence-corrected chi connectivity index (χ3v) is 5.77. The molecule has 2 rings (SSSR count). The second-order valence-electron chi connectivity index (χ2n) is 7.65. The lowest BCUT2D eigenvalue weighted by Crippen LogP contribution is -2.33. The summed E-state index contributed by atoms with van der Waals surface area (Å²) in [7, 11) is 0. The first kappa shape index (κ1) is 15.3. The Balaban J connectivity index is 2.36. The van der Waals surface area contributed by atoms with Crippen LogP contribution in [0.25, 0.3) is 0 Å². The molecule has 3 nitrogen and oxygen atoms in total. The van der Waals surface area contributed by atoms with Crippen molar-refractivity contribution in [1.29, 1.82) is 0 Å². The van der Waals surface area contributed by atoms with Gasteiger partial charge >= 0.3 is 0 Å². The van der Waals surface area contributed by atoms with E-state index in [2.05, 4.69) is 13.8 Å². The molecule has 0 N–H and O–H groups in total. The number of rotatable bonds is 4. The Hall–Kier alpha value is -1.12. The molecule has 20 heavy (non-hydrogen) atoms. The van der Waals surface area contributed by atoms with Gasteiger partial charge in [0.1, 0.15) is 0 Å². The molecule has 0 spiro atoms. The van der Waals surface area contributed by atoms with Crippen LogP contribution in [0.15, 0.2) is 11.6 Å². The van der Waals surface area contributed by atoms with E-state index in [1.807, 2.05) is 20.8 Å². The fourth-order valence-electron chi connectivity index (χ4n) is 4.08. The molecule has 0 amide bonds. The molecule has 2 aliphatic carbocycles. The van der Waals surface area contributed by atoms with Gasteiger partial charge in [-0.1, -0.05) is 40.7 Å². The number of hydrogen-bond donors (Lipinski definition) is 0. The number of Topliss-reactive ketones (excluding diaryl/α,β-unsaturated/α-hetero) is 1. The zero-order valence-corrected chi connectivity index (χ0v) is 13.2. The summed E-state index contributed by atoms with van der Waals surface area (Å²) in [5.74, 6) is -1.08. The average Bonchev–Trinajstić information content (AvgIpc) is 2.62. The van der Waals surface area contributed by atoms with Gasteiger partial charge in [0.15, 0.2) is 5.78 Å². The number of ketones is 1. The normalized spacial score (nSPS) is 35.0. The van der Waals surface area contributed by atoms with Crippen molar-refractivity contribution in [2.24, 2.45) is 28.6 Å². The largest absolute Gasteiger partial charge is 0.550 e. The maximum absolute atomic E-state index is 12.7. The number of carbonyl (C=O) groups excluding carboxylic acids is 2. The minimum Gasteiger partial charge on any atom is -0.550 e. The first-order valence-electron chi connectivity index (χ1n) is 7.58. The van der Waals surface area contributed by atoms with Crippen molar-refractivity contribution in [3.05, 3.63) is 11.6 Å². The summed E-state index contributed by atoms with van der Waals surface area (Å²) in [5.41, 5.74) is 0.362. The van der Waals surface area contributed by atoms with Crippen molar-refractivity contribution in [3.8, 4) is 0 Å². The smallest absolute Gasteiger partial charge is 0.165 e. The number of carboxylic acids is 1. The fourth-order valence-corrected chi connectivity index (χ4v) is 4.08. The molecule has 2 fully saturated rings. The zero-order valence-electron chi connectivity index (χ0n) is 13.2. The standard InChI is InChI=1S/C17H26O3/c1-10(2)8-11(15(19)20)9-12-13-6-7-17(5,14(12)18)16(13,3)4/h9-11,13H,6-8H2,1-5H3,(H,19,20)/p-1/b12-9+/t11-,13-,17+/m1/s1. The first-order valence-corrected chi connectivity index (χ1v) is 7.58. The van der Waals surface area contributed by atoms with Crippen molar-refractivity contribution < 1.29 is 14.7 Å². The van der Waals surface area contributed by atoms with Gasteiger partial charge in [0, 0.05) is 17.3 Å². The van der Waals surface area contributed by atoms with Crippen LogP contribution in [0.5, 0.6) is 0 Å². The lowest BCUT2D eigenvalue weighted by atomic mass is 9.70. The Morgan fingerprint density at radius 2 is 2.00 bits per heavy atom. The second kappa shape index (κ2) is 4.71. The van der Waals surface area contributed by atoms with Crippen LogP contribution in [0.2, 0.25) is 0 Å². The van der Waals surface area contributed by atoms with Crippen LogP contribution in [0, 0.1) is 28.6 Å². The third kappa shape index (κ3) is 2.02. The van der Waals surface area contributed by atoms with Crippen LogP contribution >= 0.6 is 0 Å². The van der Waals surface area contributed by atoms with Crippen LogP contribution < -0.4 is 5.11 Å². The van der Waals surface area contributed by atoms with E-state index in [4.69, 9.17) is 0 Å². The van der Waals surface area contributed by atoms with Crippen molar-refractivity contribution in [1.82, 2.24) is 0 Å². The number of hydrogen-bond acceptors (Lipinski definition) is 3. The molecular formula is C17H25O3-. The summed E-state index contributed by atoms with van der Waals surface area (Å²) in [4.78, 5) is 24.0. The summed E-state index contributed by atoms with van der Waals surface area (Å²) >= 11 is 0. The summed E-state index contributed by atoms with van der Waals surface area (Å²) in [6, 6.07) is 0. The highest BCUT2D eigenvalue weighted by Gasteiger charge is 2.63. The number of aliphatic carboxylic acids is 1. The van der Waals surface area contributed by atoms with E-state index in [-0.39, 0.29) is 28.4 Å². The van der Waals surface area contributed by atoms with Gasteiger partial charge in [-0.15, -0.1) is 0 Å². The highest BCUT2D eigenvalue weighted by molar-refractivity contribution is 6.05. The van der Waals surface area contributed by atoms with Crippen LogP contribution in [0.4, 0.5) is 0 Å². The molecule has 112 valence electrons. The number of carboxylic acid groups (broad SMARTS) is 1. The first-order chi connectivity index (χ1) is 9.11. The Bertz CT molecular complexity index is 473. The molecule has 0 radical (unpaired) electrons. The summed E-state index contributed by atoms with van der Waals surface area (Å²) < 4.78 is 0. The highest BCUT2D eigenvalue weighted by Crippen LogP contribution is 2.65. The van der Waals surface area contributed by atoms with Gasteiger partial charge in [0.25, 0.3) is 0 Å². The molecule has 0 aromatic carbocycles. The van der Waals surface area contributed by atoms with Gasteiger partial charge < -0.3 is 9.90 Å². The quantitative estimate of drug-likeness (QED) is 0.741. The molecule has 0 heterocycles. The van der Waals surface area contributed by atoms with Crippen molar-refractivity contribution >= 4 is 11.8 Å². The summed E-state index contributed by atoms with van der Waals surface area (Å²) in [6.07, 6.45) is 4.14. The van der Waals surface area contributed by atoms with E-state index >= 15 is 0 Å². The SMILES string of the molecule is CC(C)C[C@H](/C=C1/C(=O)[C@]2(C)CC[C@H]1C2(C)C)C(=O)[O-]. The van der Waals surface area contributed by atoms with Crippen molar-refractivity contribution in [3.63, 3.8) is 0 Å². The zero-order chi connectivity index (χ0) is 15.3. The van der Waals surface area contributed by atoms with Crippen LogP contribution in [-0.2, 0) is 9.59 Å².